The van der Waals surface area contributed by atoms with E-state index in [1.807, 2.05) is 49.3 Å². The molecule has 0 saturated carbocycles. The average Bonchev–Trinajstić information content (AvgIpc) is 2.46. The predicted molar refractivity (Wildman–Crippen MR) is 81.4 cm³/mol. The molecule has 0 aliphatic rings. The van der Waals surface area contributed by atoms with Gasteiger partial charge in [0.05, 0.1) is 11.4 Å². The highest BCUT2D eigenvalue weighted by Crippen LogP contribution is 2.21. The Kier molecular flexibility index (Phi) is 4.25. The van der Waals surface area contributed by atoms with E-state index in [0.717, 1.165) is 11.4 Å². The molecule has 102 valence electrons. The van der Waals surface area contributed by atoms with Crippen LogP contribution in [0.25, 0.3) is 0 Å². The SMILES string of the molecule is CC(=O)c1cccc(N=Nc2ccc(N(C)C)cc2)c1. The zero-order valence-corrected chi connectivity index (χ0v) is 11.9. The standard InChI is InChI=1S/C16H17N3O/c1-12(20)13-5-4-6-15(11-13)18-17-14-7-9-16(10-8-14)19(2)3/h4-11H,1-3H3. The molecule has 0 atom stereocenters. The van der Waals surface area contributed by atoms with Crippen LogP contribution in [0.15, 0.2) is 58.8 Å². The van der Waals surface area contributed by atoms with Crippen molar-refractivity contribution in [3.8, 4) is 0 Å². The number of anilines is 1. The fraction of sp³-hybridized carbons (Fsp3) is 0.188. The lowest BCUT2D eigenvalue weighted by molar-refractivity contribution is 0.101. The molecule has 2 aromatic carbocycles. The van der Waals surface area contributed by atoms with Crippen molar-refractivity contribution >= 4 is 22.8 Å². The van der Waals surface area contributed by atoms with Crippen LogP contribution in [-0.2, 0) is 0 Å². The van der Waals surface area contributed by atoms with Crippen LogP contribution in [0.1, 0.15) is 17.3 Å². The third-order valence-electron chi connectivity index (χ3n) is 2.90. The van der Waals surface area contributed by atoms with Crippen molar-refractivity contribution in [3.05, 3.63) is 54.1 Å². The normalized spacial score (nSPS) is 10.8. The van der Waals surface area contributed by atoms with Crippen LogP contribution in [0.2, 0.25) is 0 Å². The summed E-state index contributed by atoms with van der Waals surface area (Å²) in [6.07, 6.45) is 0. The first-order chi connectivity index (χ1) is 9.56. The van der Waals surface area contributed by atoms with E-state index in [0.29, 0.717) is 11.3 Å². The van der Waals surface area contributed by atoms with Gasteiger partial charge in [0.25, 0.3) is 0 Å². The minimum absolute atomic E-state index is 0.0254. The van der Waals surface area contributed by atoms with Crippen LogP contribution in [0.4, 0.5) is 17.1 Å². The van der Waals surface area contributed by atoms with Gasteiger partial charge < -0.3 is 4.90 Å². The van der Waals surface area contributed by atoms with Crippen LogP contribution in [0.5, 0.6) is 0 Å². The first-order valence-electron chi connectivity index (χ1n) is 6.36. The minimum atomic E-state index is 0.0254. The summed E-state index contributed by atoms with van der Waals surface area (Å²) in [4.78, 5) is 13.3. The quantitative estimate of drug-likeness (QED) is 0.610. The Hall–Kier alpha value is -2.49. The van der Waals surface area contributed by atoms with E-state index in [1.54, 1.807) is 18.2 Å². The lowest BCUT2D eigenvalue weighted by Gasteiger charge is -2.11. The summed E-state index contributed by atoms with van der Waals surface area (Å²) in [6, 6.07) is 14.9. The number of ketones is 1. The third kappa shape index (κ3) is 3.51. The number of Topliss-reactive ketones (excluding diaryl/α,β-unsaturated/α-hetero) is 1. The Balaban J connectivity index is 2.16. The summed E-state index contributed by atoms with van der Waals surface area (Å²) in [7, 11) is 3.98. The summed E-state index contributed by atoms with van der Waals surface area (Å²) < 4.78 is 0. The maximum absolute atomic E-state index is 11.3. The number of carbonyl (C=O) groups is 1. The average molecular weight is 267 g/mol. The van der Waals surface area contributed by atoms with Crippen molar-refractivity contribution in [2.24, 2.45) is 10.2 Å². The molecule has 0 radical (unpaired) electrons. The summed E-state index contributed by atoms with van der Waals surface area (Å²) in [5.41, 5.74) is 3.21. The first-order valence-corrected chi connectivity index (χ1v) is 6.36. The van der Waals surface area contributed by atoms with Crippen molar-refractivity contribution in [2.45, 2.75) is 6.92 Å². The van der Waals surface area contributed by atoms with Gasteiger partial charge >= 0.3 is 0 Å². The molecule has 0 aromatic heterocycles. The second kappa shape index (κ2) is 6.10. The predicted octanol–water partition coefficient (Wildman–Crippen LogP) is 4.37. The Morgan fingerprint density at radius 1 is 0.950 bits per heavy atom. The lowest BCUT2D eigenvalue weighted by atomic mass is 10.1. The number of azo groups is 1. The third-order valence-corrected chi connectivity index (χ3v) is 2.90. The van der Waals surface area contributed by atoms with E-state index >= 15 is 0 Å². The van der Waals surface area contributed by atoms with Crippen molar-refractivity contribution in [1.82, 2.24) is 0 Å². The number of nitrogens with zero attached hydrogens (tertiary/aromatic N) is 3. The minimum Gasteiger partial charge on any atom is -0.378 e. The van der Waals surface area contributed by atoms with Gasteiger partial charge in [0, 0.05) is 25.3 Å². The smallest absolute Gasteiger partial charge is 0.159 e. The largest absolute Gasteiger partial charge is 0.378 e. The first kappa shape index (κ1) is 13.9. The molecule has 4 nitrogen and oxygen atoms in total. The summed E-state index contributed by atoms with van der Waals surface area (Å²) in [5.74, 6) is 0.0254. The van der Waals surface area contributed by atoms with Crippen LogP contribution in [-0.4, -0.2) is 19.9 Å². The zero-order valence-electron chi connectivity index (χ0n) is 11.9. The van der Waals surface area contributed by atoms with E-state index in [9.17, 15) is 4.79 Å². The van der Waals surface area contributed by atoms with Gasteiger partial charge in [-0.1, -0.05) is 12.1 Å². The topological polar surface area (TPSA) is 45.0 Å². The summed E-state index contributed by atoms with van der Waals surface area (Å²) >= 11 is 0. The van der Waals surface area contributed by atoms with Gasteiger partial charge in [-0.15, -0.1) is 0 Å². The highest BCUT2D eigenvalue weighted by atomic mass is 16.1. The molecule has 0 saturated heterocycles. The van der Waals surface area contributed by atoms with Crippen LogP contribution in [0, 0.1) is 0 Å². The van der Waals surface area contributed by atoms with Crippen LogP contribution >= 0.6 is 0 Å². The van der Waals surface area contributed by atoms with Gasteiger partial charge in [-0.25, -0.2) is 0 Å². The molecule has 0 spiro atoms. The maximum atomic E-state index is 11.3. The number of carbonyl (C=O) groups excluding carboxylic acids is 1. The molecule has 0 bridgehead atoms. The second-order valence-corrected chi connectivity index (χ2v) is 4.72. The molecule has 0 fully saturated rings. The molecule has 0 heterocycles. The van der Waals surface area contributed by atoms with E-state index in [4.69, 9.17) is 0 Å². The molecule has 20 heavy (non-hydrogen) atoms. The van der Waals surface area contributed by atoms with Crippen molar-refractivity contribution in [1.29, 1.82) is 0 Å². The van der Waals surface area contributed by atoms with E-state index in [-0.39, 0.29) is 5.78 Å². The Labute approximate surface area is 118 Å². The highest BCUT2D eigenvalue weighted by molar-refractivity contribution is 5.94. The molecule has 2 rings (SSSR count). The number of rotatable bonds is 4. The van der Waals surface area contributed by atoms with Gasteiger partial charge in [-0.05, 0) is 43.3 Å². The monoisotopic (exact) mass is 267 g/mol. The molecule has 0 unspecified atom stereocenters. The lowest BCUT2D eigenvalue weighted by Crippen LogP contribution is -2.07. The fourth-order valence-corrected chi connectivity index (χ4v) is 1.72. The van der Waals surface area contributed by atoms with E-state index in [1.165, 1.54) is 6.92 Å². The zero-order chi connectivity index (χ0) is 14.5. The molecule has 4 heteroatoms. The molecular formula is C16H17N3O. The van der Waals surface area contributed by atoms with Gasteiger partial charge in [-0.3, -0.25) is 4.79 Å². The molecule has 0 N–H and O–H groups in total. The summed E-state index contributed by atoms with van der Waals surface area (Å²) in [6.45, 7) is 1.54. The van der Waals surface area contributed by atoms with Gasteiger partial charge in [0.1, 0.15) is 0 Å². The van der Waals surface area contributed by atoms with Crippen molar-refractivity contribution in [3.63, 3.8) is 0 Å². The Morgan fingerprint density at radius 3 is 2.20 bits per heavy atom. The van der Waals surface area contributed by atoms with Crippen molar-refractivity contribution < 1.29 is 4.79 Å². The highest BCUT2D eigenvalue weighted by Gasteiger charge is 1.99. The van der Waals surface area contributed by atoms with Gasteiger partial charge in [0.15, 0.2) is 5.78 Å². The van der Waals surface area contributed by atoms with Gasteiger partial charge in [-0.2, -0.15) is 10.2 Å². The fourth-order valence-electron chi connectivity index (χ4n) is 1.72. The molecule has 0 aliphatic heterocycles. The van der Waals surface area contributed by atoms with E-state index < -0.39 is 0 Å². The Bertz CT molecular complexity index is 630. The molecule has 2 aromatic rings. The molecule has 0 aliphatic carbocycles. The number of hydrogen-bond acceptors (Lipinski definition) is 4. The number of hydrogen-bond donors (Lipinski definition) is 0. The van der Waals surface area contributed by atoms with Gasteiger partial charge in [0.2, 0.25) is 0 Å². The van der Waals surface area contributed by atoms with Crippen LogP contribution in [0.3, 0.4) is 0 Å². The molecular weight excluding hydrogens is 250 g/mol. The van der Waals surface area contributed by atoms with E-state index in [2.05, 4.69) is 10.2 Å². The molecule has 0 amide bonds. The summed E-state index contributed by atoms with van der Waals surface area (Å²) in [5, 5.41) is 8.33. The van der Waals surface area contributed by atoms with Crippen LogP contribution < -0.4 is 4.90 Å². The Morgan fingerprint density at radius 2 is 1.60 bits per heavy atom. The van der Waals surface area contributed by atoms with Crippen molar-refractivity contribution in [2.75, 3.05) is 19.0 Å². The maximum Gasteiger partial charge on any atom is 0.159 e. The number of benzene rings is 2. The second-order valence-electron chi connectivity index (χ2n) is 4.72.